The maximum Gasteiger partial charge on any atom is 0.249 e. The predicted octanol–water partition coefficient (Wildman–Crippen LogP) is 0.141. The zero-order valence-electron chi connectivity index (χ0n) is 8.47. The molecule has 0 saturated carbocycles. The lowest BCUT2D eigenvalue weighted by atomic mass is 10.1. The van der Waals surface area contributed by atoms with E-state index in [-0.39, 0.29) is 0 Å². The molecule has 0 spiro atoms. The van der Waals surface area contributed by atoms with Crippen molar-refractivity contribution in [2.24, 2.45) is 10.7 Å². The molecule has 3 N–H and O–H groups in total. The van der Waals surface area contributed by atoms with Gasteiger partial charge in [0, 0.05) is 18.3 Å². The molecule has 1 aromatic carbocycles. The number of nitrogens with zero attached hydrogens (tertiary/aromatic N) is 2. The number of rotatable bonds is 1. The molecular weight excluding hydrogens is 204 g/mol. The van der Waals surface area contributed by atoms with Gasteiger partial charge in [-0.15, -0.1) is 0 Å². The number of hydrogen-bond donors (Lipinski definition) is 2. The van der Waals surface area contributed by atoms with Crippen LogP contribution >= 0.6 is 0 Å². The lowest BCUT2D eigenvalue weighted by molar-refractivity contribution is -0.114. The zero-order valence-corrected chi connectivity index (χ0v) is 8.47. The molecule has 0 aliphatic carbocycles. The molecule has 0 atom stereocenters. The first kappa shape index (κ1) is 9.11. The van der Waals surface area contributed by atoms with Gasteiger partial charge < -0.3 is 5.73 Å². The van der Waals surface area contributed by atoms with Crippen LogP contribution in [-0.4, -0.2) is 18.7 Å². The fraction of sp³-hybridized carbons (Fsp3) is 0.0909. The highest BCUT2D eigenvalue weighted by atomic mass is 16.1. The summed E-state index contributed by atoms with van der Waals surface area (Å²) in [5.74, 6) is 0.174. The van der Waals surface area contributed by atoms with Crippen molar-refractivity contribution < 1.29 is 4.79 Å². The maximum atomic E-state index is 11.2. The van der Waals surface area contributed by atoms with Gasteiger partial charge in [-0.25, -0.2) is 10.4 Å². The highest BCUT2D eigenvalue weighted by Gasteiger charge is 2.29. The SMILES string of the molecule is NC(=O)C1=C2N=Cc3ccccc3N2NC1. The van der Waals surface area contributed by atoms with E-state index in [4.69, 9.17) is 5.73 Å². The molecule has 80 valence electrons. The minimum absolute atomic E-state index is 0.427. The third kappa shape index (κ3) is 1.15. The van der Waals surface area contributed by atoms with Crippen LogP contribution < -0.4 is 16.2 Å². The number of hydrogen-bond acceptors (Lipinski definition) is 4. The third-order valence-electron chi connectivity index (χ3n) is 2.70. The van der Waals surface area contributed by atoms with Gasteiger partial charge in [0.15, 0.2) is 5.82 Å². The van der Waals surface area contributed by atoms with Gasteiger partial charge in [-0.05, 0) is 6.07 Å². The number of para-hydroxylation sites is 1. The number of aliphatic imine (C=N–C) groups is 1. The number of benzene rings is 1. The summed E-state index contributed by atoms with van der Waals surface area (Å²) < 4.78 is 0. The fourth-order valence-corrected chi connectivity index (χ4v) is 1.91. The Labute approximate surface area is 92.2 Å². The summed E-state index contributed by atoms with van der Waals surface area (Å²) in [6.45, 7) is 0.427. The molecule has 0 saturated heterocycles. The molecule has 1 aromatic rings. The first-order valence-corrected chi connectivity index (χ1v) is 4.97. The first-order valence-electron chi connectivity index (χ1n) is 4.97. The standard InChI is InChI=1S/C11H10N4O/c12-10(16)8-6-14-15-9-4-2-1-3-7(9)5-13-11(8)15/h1-5,14H,6H2,(H2,12,16). The van der Waals surface area contributed by atoms with E-state index < -0.39 is 5.91 Å². The van der Waals surface area contributed by atoms with Crippen LogP contribution in [0.15, 0.2) is 40.7 Å². The van der Waals surface area contributed by atoms with Gasteiger partial charge in [0.05, 0.1) is 11.3 Å². The number of carbonyl (C=O) groups is 1. The topological polar surface area (TPSA) is 70.7 Å². The number of nitrogens with one attached hydrogen (secondary N) is 1. The Morgan fingerprint density at radius 2 is 2.25 bits per heavy atom. The largest absolute Gasteiger partial charge is 0.366 e. The molecule has 3 rings (SSSR count). The molecule has 5 nitrogen and oxygen atoms in total. The summed E-state index contributed by atoms with van der Waals surface area (Å²) in [7, 11) is 0. The van der Waals surface area contributed by atoms with Gasteiger partial charge in [0.25, 0.3) is 0 Å². The van der Waals surface area contributed by atoms with Crippen molar-refractivity contribution in [2.45, 2.75) is 0 Å². The maximum absolute atomic E-state index is 11.2. The second-order valence-electron chi connectivity index (χ2n) is 3.65. The van der Waals surface area contributed by atoms with Gasteiger partial charge in [0.1, 0.15) is 0 Å². The Bertz CT molecular complexity index is 533. The highest BCUT2D eigenvalue weighted by molar-refractivity contribution is 5.98. The molecular formula is C11H10N4O. The number of carbonyl (C=O) groups excluding carboxylic acids is 1. The van der Waals surface area contributed by atoms with Crippen molar-refractivity contribution in [1.29, 1.82) is 0 Å². The van der Waals surface area contributed by atoms with E-state index in [2.05, 4.69) is 10.4 Å². The van der Waals surface area contributed by atoms with E-state index in [1.807, 2.05) is 24.3 Å². The molecule has 2 aliphatic heterocycles. The number of anilines is 1. The molecule has 1 amide bonds. The second-order valence-corrected chi connectivity index (χ2v) is 3.65. The van der Waals surface area contributed by atoms with Crippen LogP contribution in [0, 0.1) is 0 Å². The highest BCUT2D eigenvalue weighted by Crippen LogP contribution is 2.30. The zero-order chi connectivity index (χ0) is 11.1. The van der Waals surface area contributed by atoms with Gasteiger partial charge in [-0.3, -0.25) is 9.80 Å². The Morgan fingerprint density at radius 1 is 1.44 bits per heavy atom. The Morgan fingerprint density at radius 3 is 3.06 bits per heavy atom. The van der Waals surface area contributed by atoms with Crippen molar-refractivity contribution >= 4 is 17.8 Å². The lowest BCUT2D eigenvalue weighted by Crippen LogP contribution is -2.33. The number of primary amides is 1. The molecule has 16 heavy (non-hydrogen) atoms. The molecule has 5 heteroatoms. The Hall–Kier alpha value is -2.14. The normalized spacial score (nSPS) is 17.4. The van der Waals surface area contributed by atoms with Crippen molar-refractivity contribution in [2.75, 3.05) is 11.6 Å². The molecule has 2 heterocycles. The van der Waals surface area contributed by atoms with Crippen LogP contribution in [0.4, 0.5) is 5.69 Å². The van der Waals surface area contributed by atoms with Crippen molar-refractivity contribution in [3.63, 3.8) is 0 Å². The first-order chi connectivity index (χ1) is 7.77. The smallest absolute Gasteiger partial charge is 0.249 e. The summed E-state index contributed by atoms with van der Waals surface area (Å²) in [5.41, 5.74) is 10.9. The fourth-order valence-electron chi connectivity index (χ4n) is 1.91. The van der Waals surface area contributed by atoms with Gasteiger partial charge in [-0.1, -0.05) is 18.2 Å². The van der Waals surface area contributed by atoms with Gasteiger partial charge in [0.2, 0.25) is 5.91 Å². The molecule has 0 aromatic heterocycles. The third-order valence-corrected chi connectivity index (χ3v) is 2.70. The van der Waals surface area contributed by atoms with Crippen molar-refractivity contribution in [1.82, 2.24) is 5.43 Å². The number of hydrazine groups is 1. The quantitative estimate of drug-likeness (QED) is 0.698. The average Bonchev–Trinajstić information content (AvgIpc) is 2.73. The van der Waals surface area contributed by atoms with E-state index in [0.29, 0.717) is 17.9 Å². The summed E-state index contributed by atoms with van der Waals surface area (Å²) in [4.78, 5) is 15.4. The summed E-state index contributed by atoms with van der Waals surface area (Å²) in [6, 6.07) is 7.83. The van der Waals surface area contributed by atoms with Crippen LogP contribution in [0.1, 0.15) is 5.56 Å². The van der Waals surface area contributed by atoms with E-state index in [9.17, 15) is 4.79 Å². The molecule has 0 bridgehead atoms. The van der Waals surface area contributed by atoms with Crippen LogP contribution in [0.3, 0.4) is 0 Å². The lowest BCUT2D eigenvalue weighted by Gasteiger charge is -2.24. The number of amides is 1. The van der Waals surface area contributed by atoms with Crippen molar-refractivity contribution in [3.8, 4) is 0 Å². The van der Waals surface area contributed by atoms with E-state index in [1.165, 1.54) is 0 Å². The summed E-state index contributed by atoms with van der Waals surface area (Å²) in [5, 5.41) is 1.80. The molecule has 0 unspecified atom stereocenters. The number of nitrogens with two attached hydrogens (primary N) is 1. The van der Waals surface area contributed by atoms with E-state index >= 15 is 0 Å². The Balaban J connectivity index is 2.15. The van der Waals surface area contributed by atoms with Crippen LogP contribution in [0.25, 0.3) is 0 Å². The van der Waals surface area contributed by atoms with Crippen LogP contribution in [-0.2, 0) is 4.79 Å². The molecule has 2 aliphatic rings. The molecule has 0 radical (unpaired) electrons. The van der Waals surface area contributed by atoms with Crippen molar-refractivity contribution in [3.05, 3.63) is 41.2 Å². The Kier molecular flexibility index (Phi) is 1.81. The second kappa shape index (κ2) is 3.18. The predicted molar refractivity (Wildman–Crippen MR) is 60.7 cm³/mol. The summed E-state index contributed by atoms with van der Waals surface area (Å²) >= 11 is 0. The summed E-state index contributed by atoms with van der Waals surface area (Å²) in [6.07, 6.45) is 1.75. The monoisotopic (exact) mass is 214 g/mol. The van der Waals surface area contributed by atoms with E-state index in [0.717, 1.165) is 11.3 Å². The van der Waals surface area contributed by atoms with Crippen LogP contribution in [0.2, 0.25) is 0 Å². The minimum Gasteiger partial charge on any atom is -0.366 e. The van der Waals surface area contributed by atoms with E-state index in [1.54, 1.807) is 11.2 Å². The number of fused-ring (bicyclic) bond motifs is 3. The molecule has 0 fully saturated rings. The average molecular weight is 214 g/mol. The van der Waals surface area contributed by atoms with Gasteiger partial charge >= 0.3 is 0 Å². The van der Waals surface area contributed by atoms with Crippen LogP contribution in [0.5, 0.6) is 0 Å². The van der Waals surface area contributed by atoms with Gasteiger partial charge in [-0.2, -0.15) is 0 Å². The minimum atomic E-state index is -0.429.